The molecule has 2 aromatic carbocycles. The van der Waals surface area contributed by atoms with Crippen molar-refractivity contribution in [2.24, 2.45) is 0 Å². The smallest absolute Gasteiger partial charge is 0.411 e. The molecule has 110 valence electrons. The molecule has 0 saturated heterocycles. The van der Waals surface area contributed by atoms with Gasteiger partial charge in [-0.15, -0.1) is 0 Å². The van der Waals surface area contributed by atoms with Crippen molar-refractivity contribution in [3.8, 4) is 5.75 Å². The molecule has 6 heteroatoms. The van der Waals surface area contributed by atoms with E-state index in [0.717, 1.165) is 5.69 Å². The molecule has 1 amide bonds. The Hall–Kier alpha value is -2.40. The normalized spacial score (nSPS) is 10.0. The van der Waals surface area contributed by atoms with E-state index in [4.69, 9.17) is 11.6 Å². The number of phenolic OH excluding ortho intramolecular Hbond substituents is 1. The summed E-state index contributed by atoms with van der Waals surface area (Å²) in [7, 11) is 1.30. The van der Waals surface area contributed by atoms with Gasteiger partial charge in [0.2, 0.25) is 0 Å². The minimum Gasteiger partial charge on any atom is -0.506 e. The van der Waals surface area contributed by atoms with E-state index in [1.165, 1.54) is 7.11 Å². The standard InChI is InChI=1S/C15H15ClN2O3/c1-21-15(20)18-12-6-3-5-11(8-12)17-9-10-4-2-7-13(16)14(10)19/h2-8,17,19H,9H2,1H3,(H,18,20). The molecule has 0 radical (unpaired) electrons. The number of hydrogen-bond acceptors (Lipinski definition) is 4. The maximum Gasteiger partial charge on any atom is 0.411 e. The number of aromatic hydroxyl groups is 1. The van der Waals surface area contributed by atoms with E-state index in [9.17, 15) is 9.90 Å². The molecule has 0 aliphatic carbocycles. The predicted molar refractivity (Wildman–Crippen MR) is 82.9 cm³/mol. The zero-order valence-corrected chi connectivity index (χ0v) is 12.1. The minimum absolute atomic E-state index is 0.0653. The van der Waals surface area contributed by atoms with Crippen molar-refractivity contribution in [3.05, 3.63) is 53.1 Å². The van der Waals surface area contributed by atoms with Crippen molar-refractivity contribution < 1.29 is 14.6 Å². The Labute approximate surface area is 127 Å². The number of carbonyl (C=O) groups excluding carboxylic acids is 1. The van der Waals surface area contributed by atoms with Crippen LogP contribution in [-0.2, 0) is 11.3 Å². The first-order valence-corrected chi connectivity index (χ1v) is 6.63. The van der Waals surface area contributed by atoms with E-state index in [1.54, 1.807) is 36.4 Å². The molecule has 2 aromatic rings. The number of nitrogens with one attached hydrogen (secondary N) is 2. The van der Waals surface area contributed by atoms with Gasteiger partial charge in [0.1, 0.15) is 5.75 Å². The van der Waals surface area contributed by atoms with Crippen LogP contribution in [0.25, 0.3) is 0 Å². The zero-order valence-electron chi connectivity index (χ0n) is 11.4. The van der Waals surface area contributed by atoms with Crippen molar-refractivity contribution in [1.29, 1.82) is 0 Å². The first-order valence-electron chi connectivity index (χ1n) is 6.25. The number of anilines is 2. The number of hydrogen-bond donors (Lipinski definition) is 3. The fraction of sp³-hybridized carbons (Fsp3) is 0.133. The van der Waals surface area contributed by atoms with Crippen LogP contribution in [0, 0.1) is 0 Å². The summed E-state index contributed by atoms with van der Waals surface area (Å²) in [6.07, 6.45) is -0.528. The van der Waals surface area contributed by atoms with E-state index in [-0.39, 0.29) is 5.75 Å². The third-order valence-corrected chi connectivity index (χ3v) is 3.15. The third kappa shape index (κ3) is 4.03. The van der Waals surface area contributed by atoms with Crippen molar-refractivity contribution in [3.63, 3.8) is 0 Å². The van der Waals surface area contributed by atoms with Gasteiger partial charge in [-0.25, -0.2) is 4.79 Å². The highest BCUT2D eigenvalue weighted by Crippen LogP contribution is 2.27. The Bertz CT molecular complexity index is 647. The van der Waals surface area contributed by atoms with Crippen molar-refractivity contribution in [2.45, 2.75) is 6.54 Å². The number of benzene rings is 2. The van der Waals surface area contributed by atoms with Gasteiger partial charge in [-0.05, 0) is 24.3 Å². The highest BCUT2D eigenvalue weighted by molar-refractivity contribution is 6.32. The van der Waals surface area contributed by atoms with E-state index < -0.39 is 6.09 Å². The van der Waals surface area contributed by atoms with E-state index in [0.29, 0.717) is 22.8 Å². The summed E-state index contributed by atoms with van der Waals surface area (Å²) < 4.78 is 4.53. The molecule has 21 heavy (non-hydrogen) atoms. The largest absolute Gasteiger partial charge is 0.506 e. The van der Waals surface area contributed by atoms with Crippen LogP contribution in [0.5, 0.6) is 5.75 Å². The fourth-order valence-corrected chi connectivity index (χ4v) is 1.97. The second-order valence-corrected chi connectivity index (χ2v) is 4.71. The monoisotopic (exact) mass is 306 g/mol. The van der Waals surface area contributed by atoms with Crippen LogP contribution in [0.2, 0.25) is 5.02 Å². The molecule has 0 atom stereocenters. The molecule has 0 aromatic heterocycles. The maximum atomic E-state index is 11.2. The Kier molecular flexibility index (Phi) is 4.90. The van der Waals surface area contributed by atoms with Crippen LogP contribution in [0.15, 0.2) is 42.5 Å². The molecule has 3 N–H and O–H groups in total. The van der Waals surface area contributed by atoms with Crippen LogP contribution < -0.4 is 10.6 Å². The van der Waals surface area contributed by atoms with Gasteiger partial charge in [0.05, 0.1) is 12.1 Å². The summed E-state index contributed by atoms with van der Waals surface area (Å²) in [5.74, 6) is 0.0653. The van der Waals surface area contributed by atoms with Crippen molar-refractivity contribution >= 4 is 29.1 Å². The van der Waals surface area contributed by atoms with Crippen molar-refractivity contribution in [1.82, 2.24) is 0 Å². The first-order chi connectivity index (χ1) is 10.1. The molecule has 0 aliphatic heterocycles. The van der Waals surface area contributed by atoms with Gasteiger partial charge in [0.15, 0.2) is 0 Å². The minimum atomic E-state index is -0.528. The number of rotatable bonds is 4. The van der Waals surface area contributed by atoms with Gasteiger partial charge in [0.25, 0.3) is 0 Å². The maximum absolute atomic E-state index is 11.2. The summed E-state index contributed by atoms with van der Waals surface area (Å²) >= 11 is 5.85. The van der Waals surface area contributed by atoms with E-state index >= 15 is 0 Å². The lowest BCUT2D eigenvalue weighted by atomic mass is 10.2. The van der Waals surface area contributed by atoms with Crippen LogP contribution >= 0.6 is 11.6 Å². The number of ether oxygens (including phenoxy) is 1. The first kappa shape index (κ1) is 15.0. The molecule has 0 heterocycles. The number of methoxy groups -OCH3 is 1. The molecule has 2 rings (SSSR count). The zero-order chi connectivity index (χ0) is 15.2. The summed E-state index contributed by atoms with van der Waals surface area (Å²) in [4.78, 5) is 11.2. The quantitative estimate of drug-likeness (QED) is 0.802. The second-order valence-electron chi connectivity index (χ2n) is 4.30. The van der Waals surface area contributed by atoms with Crippen LogP contribution in [-0.4, -0.2) is 18.3 Å². The summed E-state index contributed by atoms with van der Waals surface area (Å²) in [5, 5.41) is 15.9. The Morgan fingerprint density at radius 3 is 2.71 bits per heavy atom. The summed E-state index contributed by atoms with van der Waals surface area (Å²) in [6.45, 7) is 0.411. The average Bonchev–Trinajstić information content (AvgIpc) is 2.49. The molecule has 0 spiro atoms. The molecule has 5 nitrogen and oxygen atoms in total. The molecule has 0 unspecified atom stereocenters. The molecular weight excluding hydrogens is 292 g/mol. The van der Waals surface area contributed by atoms with Crippen LogP contribution in [0.1, 0.15) is 5.56 Å². The van der Waals surface area contributed by atoms with Gasteiger partial charge >= 0.3 is 6.09 Å². The van der Waals surface area contributed by atoms with Gasteiger partial charge in [0, 0.05) is 23.5 Å². The van der Waals surface area contributed by atoms with Gasteiger partial charge in [-0.3, -0.25) is 5.32 Å². The van der Waals surface area contributed by atoms with Crippen LogP contribution in [0.3, 0.4) is 0 Å². The number of phenols is 1. The Morgan fingerprint density at radius 2 is 1.95 bits per heavy atom. The number of halogens is 1. The molecular formula is C15H15ClN2O3. The fourth-order valence-electron chi connectivity index (χ4n) is 1.78. The number of para-hydroxylation sites is 1. The Balaban J connectivity index is 2.05. The topological polar surface area (TPSA) is 70.6 Å². The van der Waals surface area contributed by atoms with Crippen LogP contribution in [0.4, 0.5) is 16.2 Å². The van der Waals surface area contributed by atoms with Gasteiger partial charge < -0.3 is 15.2 Å². The third-order valence-electron chi connectivity index (χ3n) is 2.85. The van der Waals surface area contributed by atoms with Gasteiger partial charge in [-0.1, -0.05) is 29.8 Å². The SMILES string of the molecule is COC(=O)Nc1cccc(NCc2cccc(Cl)c2O)c1. The van der Waals surface area contributed by atoms with E-state index in [2.05, 4.69) is 15.4 Å². The lowest BCUT2D eigenvalue weighted by Crippen LogP contribution is -2.11. The van der Waals surface area contributed by atoms with E-state index in [1.807, 2.05) is 6.07 Å². The predicted octanol–water partition coefficient (Wildman–Crippen LogP) is 3.84. The second kappa shape index (κ2) is 6.85. The molecule has 0 fully saturated rings. The van der Waals surface area contributed by atoms with Crippen molar-refractivity contribution in [2.75, 3.05) is 17.7 Å². The lowest BCUT2D eigenvalue weighted by molar-refractivity contribution is 0.187. The molecule has 0 aliphatic rings. The summed E-state index contributed by atoms with van der Waals surface area (Å²) in [5.41, 5.74) is 2.10. The van der Waals surface area contributed by atoms with Gasteiger partial charge in [-0.2, -0.15) is 0 Å². The molecule has 0 bridgehead atoms. The Morgan fingerprint density at radius 1 is 1.24 bits per heavy atom. The highest BCUT2D eigenvalue weighted by atomic mass is 35.5. The highest BCUT2D eigenvalue weighted by Gasteiger charge is 2.05. The molecule has 0 saturated carbocycles. The lowest BCUT2D eigenvalue weighted by Gasteiger charge is -2.10. The average molecular weight is 307 g/mol. The number of amides is 1. The number of carbonyl (C=O) groups is 1. The summed E-state index contributed by atoms with van der Waals surface area (Å²) in [6, 6.07) is 12.3.